The zero-order valence-corrected chi connectivity index (χ0v) is 9.67. The molecular weight excluding hydrogens is 226 g/mol. The molecule has 1 rings (SSSR count). The summed E-state index contributed by atoms with van der Waals surface area (Å²) >= 11 is 0. The van der Waals surface area contributed by atoms with Crippen LogP contribution in [-0.4, -0.2) is 38.6 Å². The van der Waals surface area contributed by atoms with Gasteiger partial charge in [-0.25, -0.2) is 9.48 Å². The Morgan fingerprint density at radius 2 is 2.29 bits per heavy atom. The Kier molecular flexibility index (Phi) is 4.58. The molecule has 1 aromatic rings. The molecule has 3 amide bonds. The predicted molar refractivity (Wildman–Crippen MR) is 57.9 cm³/mol. The van der Waals surface area contributed by atoms with Crippen LogP contribution in [0.15, 0.2) is 6.20 Å². The molecule has 17 heavy (non-hydrogen) atoms. The van der Waals surface area contributed by atoms with E-state index in [9.17, 15) is 9.59 Å². The SMILES string of the molecule is CCNC(=O)NC(=O)C(C)n1cc(CO)nn1. The molecule has 1 unspecified atom stereocenters. The zero-order chi connectivity index (χ0) is 12.8. The number of aliphatic hydroxyl groups excluding tert-OH is 1. The number of aliphatic hydroxyl groups is 1. The van der Waals surface area contributed by atoms with Crippen LogP contribution >= 0.6 is 0 Å². The molecule has 1 heterocycles. The van der Waals surface area contributed by atoms with Gasteiger partial charge in [0.2, 0.25) is 0 Å². The van der Waals surface area contributed by atoms with Gasteiger partial charge in [0, 0.05) is 6.54 Å². The highest BCUT2D eigenvalue weighted by molar-refractivity contribution is 5.95. The molecule has 0 bridgehead atoms. The van der Waals surface area contributed by atoms with Crippen molar-refractivity contribution in [3.8, 4) is 0 Å². The van der Waals surface area contributed by atoms with E-state index in [1.165, 1.54) is 10.9 Å². The van der Waals surface area contributed by atoms with E-state index in [0.717, 1.165) is 0 Å². The van der Waals surface area contributed by atoms with Crippen molar-refractivity contribution < 1.29 is 14.7 Å². The van der Waals surface area contributed by atoms with E-state index in [1.807, 2.05) is 0 Å². The molecule has 0 aliphatic heterocycles. The number of nitrogens with one attached hydrogen (secondary N) is 2. The topological polar surface area (TPSA) is 109 Å². The molecule has 3 N–H and O–H groups in total. The number of urea groups is 1. The van der Waals surface area contributed by atoms with Crippen LogP contribution in [0.2, 0.25) is 0 Å². The molecular formula is C9H15N5O3. The van der Waals surface area contributed by atoms with Crippen LogP contribution < -0.4 is 10.6 Å². The first-order valence-electron chi connectivity index (χ1n) is 5.18. The second kappa shape index (κ2) is 5.94. The van der Waals surface area contributed by atoms with Gasteiger partial charge < -0.3 is 10.4 Å². The van der Waals surface area contributed by atoms with Gasteiger partial charge in [-0.05, 0) is 13.8 Å². The molecule has 0 aliphatic carbocycles. The van der Waals surface area contributed by atoms with Crippen LogP contribution in [0.1, 0.15) is 25.6 Å². The van der Waals surface area contributed by atoms with Crippen molar-refractivity contribution in [2.75, 3.05) is 6.54 Å². The smallest absolute Gasteiger partial charge is 0.321 e. The number of rotatable bonds is 4. The van der Waals surface area contributed by atoms with Crippen LogP contribution in [-0.2, 0) is 11.4 Å². The minimum atomic E-state index is -0.676. The van der Waals surface area contributed by atoms with Crippen molar-refractivity contribution in [1.82, 2.24) is 25.6 Å². The van der Waals surface area contributed by atoms with Gasteiger partial charge in [0.15, 0.2) is 0 Å². The average Bonchev–Trinajstić information content (AvgIpc) is 2.76. The van der Waals surface area contributed by atoms with Gasteiger partial charge in [0.1, 0.15) is 11.7 Å². The summed E-state index contributed by atoms with van der Waals surface area (Å²) < 4.78 is 1.28. The van der Waals surface area contributed by atoms with Crippen molar-refractivity contribution in [2.45, 2.75) is 26.5 Å². The monoisotopic (exact) mass is 241 g/mol. The average molecular weight is 241 g/mol. The van der Waals surface area contributed by atoms with Crippen LogP contribution in [0.4, 0.5) is 4.79 Å². The lowest BCUT2D eigenvalue weighted by atomic mass is 10.3. The normalized spacial score (nSPS) is 11.9. The maximum atomic E-state index is 11.6. The molecule has 0 spiro atoms. The summed E-state index contributed by atoms with van der Waals surface area (Å²) in [4.78, 5) is 22.7. The van der Waals surface area contributed by atoms with Gasteiger partial charge in [0.25, 0.3) is 5.91 Å². The summed E-state index contributed by atoms with van der Waals surface area (Å²) in [7, 11) is 0. The van der Waals surface area contributed by atoms with Crippen LogP contribution in [0.3, 0.4) is 0 Å². The largest absolute Gasteiger partial charge is 0.390 e. The molecule has 0 aliphatic rings. The first kappa shape index (κ1) is 13.1. The maximum Gasteiger partial charge on any atom is 0.321 e. The summed E-state index contributed by atoms with van der Waals surface area (Å²) in [6.45, 7) is 3.51. The summed E-state index contributed by atoms with van der Waals surface area (Å²) in [6, 6.07) is -1.22. The van der Waals surface area contributed by atoms with Gasteiger partial charge >= 0.3 is 6.03 Å². The highest BCUT2D eigenvalue weighted by atomic mass is 16.3. The van der Waals surface area contributed by atoms with Gasteiger partial charge in [-0.2, -0.15) is 0 Å². The lowest BCUT2D eigenvalue weighted by Crippen LogP contribution is -2.42. The first-order chi connectivity index (χ1) is 8.08. The van der Waals surface area contributed by atoms with Crippen molar-refractivity contribution in [3.63, 3.8) is 0 Å². The number of hydrogen-bond donors (Lipinski definition) is 3. The van der Waals surface area contributed by atoms with Crippen LogP contribution in [0.5, 0.6) is 0 Å². The fourth-order valence-corrected chi connectivity index (χ4v) is 1.12. The van der Waals surface area contributed by atoms with Crippen molar-refractivity contribution in [1.29, 1.82) is 0 Å². The van der Waals surface area contributed by atoms with Crippen LogP contribution in [0, 0.1) is 0 Å². The third-order valence-electron chi connectivity index (χ3n) is 2.07. The van der Waals surface area contributed by atoms with E-state index in [0.29, 0.717) is 12.2 Å². The summed E-state index contributed by atoms with van der Waals surface area (Å²) in [5.41, 5.74) is 0.364. The number of amides is 3. The molecule has 0 saturated heterocycles. The van der Waals surface area contributed by atoms with E-state index >= 15 is 0 Å². The van der Waals surface area contributed by atoms with Gasteiger partial charge in [-0.1, -0.05) is 5.21 Å². The number of hydrogen-bond acceptors (Lipinski definition) is 5. The van der Waals surface area contributed by atoms with E-state index in [-0.39, 0.29) is 6.61 Å². The molecule has 0 aromatic carbocycles. The van der Waals surface area contributed by atoms with E-state index in [4.69, 9.17) is 5.11 Å². The Labute approximate surface area is 98.0 Å². The highest BCUT2D eigenvalue weighted by Crippen LogP contribution is 2.04. The fraction of sp³-hybridized carbons (Fsp3) is 0.556. The Morgan fingerprint density at radius 1 is 1.59 bits per heavy atom. The number of aromatic nitrogens is 3. The third kappa shape index (κ3) is 3.52. The van der Waals surface area contributed by atoms with Crippen molar-refractivity contribution in [2.24, 2.45) is 0 Å². The summed E-state index contributed by atoms with van der Waals surface area (Å²) in [6.07, 6.45) is 1.45. The van der Waals surface area contributed by atoms with Gasteiger partial charge in [-0.15, -0.1) is 5.10 Å². The van der Waals surface area contributed by atoms with E-state index in [2.05, 4.69) is 20.9 Å². The summed E-state index contributed by atoms with van der Waals surface area (Å²) in [5.74, 6) is -0.495. The number of nitrogens with zero attached hydrogens (tertiary/aromatic N) is 3. The first-order valence-corrected chi connectivity index (χ1v) is 5.18. The van der Waals surface area contributed by atoms with Gasteiger partial charge in [0.05, 0.1) is 12.8 Å². The van der Waals surface area contributed by atoms with Crippen molar-refractivity contribution in [3.05, 3.63) is 11.9 Å². The number of carbonyl (C=O) groups excluding carboxylic acids is 2. The molecule has 8 heteroatoms. The second-order valence-electron chi connectivity index (χ2n) is 3.37. The van der Waals surface area contributed by atoms with E-state index in [1.54, 1.807) is 13.8 Å². The van der Waals surface area contributed by atoms with Crippen LogP contribution in [0.25, 0.3) is 0 Å². The molecule has 94 valence electrons. The maximum absolute atomic E-state index is 11.6. The Morgan fingerprint density at radius 3 is 2.82 bits per heavy atom. The molecule has 1 atom stereocenters. The van der Waals surface area contributed by atoms with Crippen molar-refractivity contribution >= 4 is 11.9 Å². The molecule has 0 fully saturated rings. The van der Waals surface area contributed by atoms with Gasteiger partial charge in [-0.3, -0.25) is 10.1 Å². The summed E-state index contributed by atoms with van der Waals surface area (Å²) in [5, 5.41) is 20.7. The molecule has 1 aromatic heterocycles. The number of carbonyl (C=O) groups is 2. The lowest BCUT2D eigenvalue weighted by Gasteiger charge is -2.11. The fourth-order valence-electron chi connectivity index (χ4n) is 1.12. The Bertz CT molecular complexity index is 403. The predicted octanol–water partition coefficient (Wildman–Crippen LogP) is -0.823. The molecule has 0 saturated carbocycles. The molecule has 8 nitrogen and oxygen atoms in total. The standard InChI is InChI=1S/C9H15N5O3/c1-3-10-9(17)11-8(16)6(2)14-4-7(5-15)12-13-14/h4,6,15H,3,5H2,1-2H3,(H2,10,11,16,17). The Balaban J connectivity index is 2.60. The zero-order valence-electron chi connectivity index (χ0n) is 9.67. The highest BCUT2D eigenvalue weighted by Gasteiger charge is 2.18. The Hall–Kier alpha value is -1.96. The minimum absolute atomic E-state index is 0.245. The lowest BCUT2D eigenvalue weighted by molar-refractivity contribution is -0.123. The second-order valence-corrected chi connectivity index (χ2v) is 3.37. The minimum Gasteiger partial charge on any atom is -0.390 e. The molecule has 0 radical (unpaired) electrons. The quantitative estimate of drug-likeness (QED) is 0.638. The number of imide groups is 1. The van der Waals surface area contributed by atoms with E-state index < -0.39 is 18.0 Å². The third-order valence-corrected chi connectivity index (χ3v) is 2.07.